The van der Waals surface area contributed by atoms with Gasteiger partial charge in [0.15, 0.2) is 0 Å². The van der Waals surface area contributed by atoms with Crippen molar-refractivity contribution in [2.75, 3.05) is 0 Å². The van der Waals surface area contributed by atoms with Gasteiger partial charge in [-0.25, -0.2) is 0 Å². The Hall–Kier alpha value is -0.780. The minimum atomic E-state index is 0.775. The Bertz CT molecular complexity index is 271. The number of hydrogen-bond donors (Lipinski definition) is 0. The summed E-state index contributed by atoms with van der Waals surface area (Å²) >= 11 is 0. The fourth-order valence-electron chi connectivity index (χ4n) is 2.26. The third kappa shape index (κ3) is 4.38. The van der Waals surface area contributed by atoms with Gasteiger partial charge < -0.3 is 0 Å². The lowest BCUT2D eigenvalue weighted by Crippen LogP contribution is -1.97. The first-order chi connectivity index (χ1) is 7.77. The number of rotatable bonds is 7. The number of unbranched alkanes of at least 4 members (excludes halogenated alkanes) is 3. The van der Waals surface area contributed by atoms with Gasteiger partial charge in [0.1, 0.15) is 0 Å². The molecule has 0 aliphatic heterocycles. The largest absolute Gasteiger partial charge is 0.0654 e. The molecule has 0 spiro atoms. The summed E-state index contributed by atoms with van der Waals surface area (Å²) in [5.41, 5.74) is 2.90. The maximum Gasteiger partial charge on any atom is -0.0165 e. The van der Waals surface area contributed by atoms with Crippen molar-refractivity contribution in [2.24, 2.45) is 0 Å². The Balaban J connectivity index is 2.44. The highest BCUT2D eigenvalue weighted by atomic mass is 14.1. The van der Waals surface area contributed by atoms with Gasteiger partial charge in [-0.2, -0.15) is 0 Å². The summed E-state index contributed by atoms with van der Waals surface area (Å²) in [4.78, 5) is 0. The molecule has 0 heteroatoms. The van der Waals surface area contributed by atoms with Crippen molar-refractivity contribution < 1.29 is 0 Å². The van der Waals surface area contributed by atoms with Gasteiger partial charge in [-0.1, -0.05) is 69.4 Å². The van der Waals surface area contributed by atoms with E-state index in [1.165, 1.54) is 49.7 Å². The third-order valence-electron chi connectivity index (χ3n) is 3.45. The number of hydrogen-bond acceptors (Lipinski definition) is 0. The molecule has 0 unspecified atom stereocenters. The first-order valence-corrected chi connectivity index (χ1v) is 6.84. The first kappa shape index (κ1) is 13.3. The van der Waals surface area contributed by atoms with E-state index in [0.717, 1.165) is 5.92 Å². The van der Waals surface area contributed by atoms with E-state index in [-0.39, 0.29) is 0 Å². The molecule has 0 aliphatic rings. The molecule has 0 radical (unpaired) electrons. The van der Waals surface area contributed by atoms with E-state index >= 15 is 0 Å². The van der Waals surface area contributed by atoms with E-state index in [4.69, 9.17) is 0 Å². The van der Waals surface area contributed by atoms with E-state index in [9.17, 15) is 0 Å². The van der Waals surface area contributed by atoms with Crippen LogP contribution < -0.4 is 0 Å². The van der Waals surface area contributed by atoms with Crippen LogP contribution in [0.4, 0.5) is 0 Å². The zero-order valence-corrected chi connectivity index (χ0v) is 11.1. The Morgan fingerprint density at radius 2 is 1.62 bits per heavy atom. The van der Waals surface area contributed by atoms with Crippen LogP contribution in [0.1, 0.15) is 69.4 Å². The van der Waals surface area contributed by atoms with Crippen LogP contribution in [0.3, 0.4) is 0 Å². The van der Waals surface area contributed by atoms with Gasteiger partial charge in [-0.05, 0) is 31.2 Å². The molecule has 0 saturated heterocycles. The second kappa shape index (κ2) is 7.49. The fraction of sp³-hybridized carbons (Fsp3) is 0.625. The summed E-state index contributed by atoms with van der Waals surface area (Å²) in [5, 5.41) is 0. The molecule has 1 aromatic rings. The van der Waals surface area contributed by atoms with Crippen molar-refractivity contribution in [2.45, 2.75) is 65.2 Å². The van der Waals surface area contributed by atoms with E-state index in [2.05, 4.69) is 45.0 Å². The molecular formula is C16H26. The van der Waals surface area contributed by atoms with Crippen molar-refractivity contribution in [3.05, 3.63) is 35.4 Å². The molecule has 16 heavy (non-hydrogen) atoms. The molecule has 0 heterocycles. The lowest BCUT2D eigenvalue weighted by molar-refractivity contribution is 0.542. The van der Waals surface area contributed by atoms with Crippen molar-refractivity contribution in [3.8, 4) is 0 Å². The highest BCUT2D eigenvalue weighted by Crippen LogP contribution is 2.26. The molecule has 0 N–H and O–H groups in total. The first-order valence-electron chi connectivity index (χ1n) is 6.84. The Morgan fingerprint density at radius 1 is 0.938 bits per heavy atom. The average molecular weight is 218 g/mol. The fourth-order valence-corrected chi connectivity index (χ4v) is 2.26. The van der Waals surface area contributed by atoms with Crippen LogP contribution in [0.25, 0.3) is 0 Å². The summed E-state index contributed by atoms with van der Waals surface area (Å²) in [6.45, 7) is 6.74. The lowest BCUT2D eigenvalue weighted by Gasteiger charge is -2.15. The smallest absolute Gasteiger partial charge is 0.0165 e. The van der Waals surface area contributed by atoms with Crippen LogP contribution in [0.15, 0.2) is 24.3 Å². The standard InChI is InChI=1S/C16H26/c1-4-6-7-8-9-15(5-2)16-12-10-14(3)11-13-16/h10-13,15H,4-9H2,1-3H3/t15-/m1/s1. The molecule has 0 saturated carbocycles. The van der Waals surface area contributed by atoms with Gasteiger partial charge in [0.05, 0.1) is 0 Å². The molecule has 90 valence electrons. The molecule has 0 bridgehead atoms. The third-order valence-corrected chi connectivity index (χ3v) is 3.45. The van der Waals surface area contributed by atoms with Gasteiger partial charge in [-0.15, -0.1) is 0 Å². The van der Waals surface area contributed by atoms with Crippen LogP contribution in [0, 0.1) is 6.92 Å². The normalized spacial score (nSPS) is 12.7. The van der Waals surface area contributed by atoms with Gasteiger partial charge in [0, 0.05) is 0 Å². The van der Waals surface area contributed by atoms with E-state index < -0.39 is 0 Å². The second-order valence-corrected chi connectivity index (χ2v) is 4.87. The summed E-state index contributed by atoms with van der Waals surface area (Å²) in [6, 6.07) is 9.10. The number of aryl methyl sites for hydroxylation is 1. The molecule has 0 nitrogen and oxygen atoms in total. The Labute approximate surface area is 101 Å². The quantitative estimate of drug-likeness (QED) is 0.533. The summed E-state index contributed by atoms with van der Waals surface area (Å²) in [5.74, 6) is 0.775. The van der Waals surface area contributed by atoms with Gasteiger partial charge in [-0.3, -0.25) is 0 Å². The second-order valence-electron chi connectivity index (χ2n) is 4.87. The lowest BCUT2D eigenvalue weighted by atomic mass is 9.90. The van der Waals surface area contributed by atoms with Crippen molar-refractivity contribution >= 4 is 0 Å². The van der Waals surface area contributed by atoms with Gasteiger partial charge in [0.25, 0.3) is 0 Å². The van der Waals surface area contributed by atoms with E-state index in [1.54, 1.807) is 0 Å². The highest BCUT2D eigenvalue weighted by molar-refractivity contribution is 5.24. The van der Waals surface area contributed by atoms with Crippen LogP contribution in [0.2, 0.25) is 0 Å². The molecule has 1 atom stereocenters. The molecule has 1 rings (SSSR count). The highest BCUT2D eigenvalue weighted by Gasteiger charge is 2.08. The monoisotopic (exact) mass is 218 g/mol. The minimum Gasteiger partial charge on any atom is -0.0654 e. The van der Waals surface area contributed by atoms with Crippen molar-refractivity contribution in [1.82, 2.24) is 0 Å². The topological polar surface area (TPSA) is 0 Å². The van der Waals surface area contributed by atoms with Crippen LogP contribution in [0.5, 0.6) is 0 Å². The predicted octanol–water partition coefficient (Wildman–Crippen LogP) is 5.46. The predicted molar refractivity (Wildman–Crippen MR) is 73.0 cm³/mol. The Morgan fingerprint density at radius 3 is 2.19 bits per heavy atom. The van der Waals surface area contributed by atoms with Gasteiger partial charge >= 0.3 is 0 Å². The van der Waals surface area contributed by atoms with Crippen LogP contribution in [-0.2, 0) is 0 Å². The van der Waals surface area contributed by atoms with E-state index in [0.29, 0.717) is 0 Å². The minimum absolute atomic E-state index is 0.775. The van der Waals surface area contributed by atoms with Crippen LogP contribution in [-0.4, -0.2) is 0 Å². The van der Waals surface area contributed by atoms with E-state index in [1.807, 2.05) is 0 Å². The zero-order valence-electron chi connectivity index (χ0n) is 11.1. The molecule has 0 fully saturated rings. The maximum atomic E-state index is 2.31. The molecule has 1 aromatic carbocycles. The number of benzene rings is 1. The Kier molecular flexibility index (Phi) is 6.22. The molecular weight excluding hydrogens is 192 g/mol. The molecule has 0 aliphatic carbocycles. The summed E-state index contributed by atoms with van der Waals surface area (Å²) in [7, 11) is 0. The SMILES string of the molecule is CCCCCC[C@@H](CC)c1ccc(C)cc1. The van der Waals surface area contributed by atoms with Gasteiger partial charge in [0.2, 0.25) is 0 Å². The average Bonchev–Trinajstić information content (AvgIpc) is 2.31. The summed E-state index contributed by atoms with van der Waals surface area (Å²) in [6.07, 6.45) is 8.15. The molecule has 0 aromatic heterocycles. The summed E-state index contributed by atoms with van der Waals surface area (Å²) < 4.78 is 0. The van der Waals surface area contributed by atoms with Crippen molar-refractivity contribution in [1.29, 1.82) is 0 Å². The molecule has 0 amide bonds. The van der Waals surface area contributed by atoms with Crippen LogP contribution >= 0.6 is 0 Å². The van der Waals surface area contributed by atoms with Crippen molar-refractivity contribution in [3.63, 3.8) is 0 Å². The zero-order chi connectivity index (χ0) is 11.8. The maximum absolute atomic E-state index is 2.31.